The van der Waals surface area contributed by atoms with Gasteiger partial charge in [-0.15, -0.1) is 0 Å². The molecule has 132 valence electrons. The van der Waals surface area contributed by atoms with E-state index in [0.29, 0.717) is 0 Å². The average molecular weight is 417 g/mol. The lowest BCUT2D eigenvalue weighted by Gasteiger charge is -2.12. The SMILES string of the molecule is O=C(O)C(C(=O)O)C(=O)c1cccc(C(=O)C(C(=O)O)C(=O)O)c1Br. The van der Waals surface area contributed by atoms with Crippen LogP contribution in [0.15, 0.2) is 22.7 Å². The number of carbonyl (C=O) groups is 6. The van der Waals surface area contributed by atoms with Crippen LogP contribution in [-0.4, -0.2) is 55.9 Å². The smallest absolute Gasteiger partial charge is 0.325 e. The summed E-state index contributed by atoms with van der Waals surface area (Å²) in [6.45, 7) is 0. The molecule has 0 bridgehead atoms. The van der Waals surface area contributed by atoms with Crippen LogP contribution >= 0.6 is 15.9 Å². The molecule has 0 saturated heterocycles. The van der Waals surface area contributed by atoms with Crippen molar-refractivity contribution in [1.29, 1.82) is 0 Å². The first-order valence-corrected chi connectivity index (χ1v) is 7.08. The fraction of sp³-hybridized carbons (Fsp3) is 0.143. The summed E-state index contributed by atoms with van der Waals surface area (Å²) in [5.74, 6) is -15.4. The highest BCUT2D eigenvalue weighted by atomic mass is 79.9. The Morgan fingerprint density at radius 1 is 0.680 bits per heavy atom. The largest absolute Gasteiger partial charge is 0.480 e. The Morgan fingerprint density at radius 3 is 1.20 bits per heavy atom. The molecule has 0 aliphatic rings. The Hall–Kier alpha value is -3.08. The van der Waals surface area contributed by atoms with Gasteiger partial charge in [0.2, 0.25) is 11.8 Å². The lowest BCUT2D eigenvalue weighted by molar-refractivity contribution is -0.153. The van der Waals surface area contributed by atoms with Gasteiger partial charge in [-0.1, -0.05) is 18.2 Å². The molecule has 0 aromatic heterocycles. The fourth-order valence-corrected chi connectivity index (χ4v) is 2.54. The molecule has 0 heterocycles. The maximum absolute atomic E-state index is 12.1. The van der Waals surface area contributed by atoms with Gasteiger partial charge in [0.15, 0.2) is 11.6 Å². The van der Waals surface area contributed by atoms with E-state index >= 15 is 0 Å². The first kappa shape index (κ1) is 20.0. The van der Waals surface area contributed by atoms with Gasteiger partial charge < -0.3 is 20.4 Å². The summed E-state index contributed by atoms with van der Waals surface area (Å²) >= 11 is 2.80. The number of hydrogen-bond donors (Lipinski definition) is 4. The summed E-state index contributed by atoms with van der Waals surface area (Å²) in [4.78, 5) is 68.0. The van der Waals surface area contributed by atoms with E-state index in [1.165, 1.54) is 0 Å². The van der Waals surface area contributed by atoms with Crippen LogP contribution in [0.1, 0.15) is 20.7 Å². The number of rotatable bonds is 8. The average Bonchev–Trinajstić information content (AvgIpc) is 2.45. The van der Waals surface area contributed by atoms with Crippen molar-refractivity contribution in [2.45, 2.75) is 0 Å². The number of benzene rings is 1. The van der Waals surface area contributed by atoms with Crippen molar-refractivity contribution in [1.82, 2.24) is 0 Å². The van der Waals surface area contributed by atoms with Gasteiger partial charge in [0.1, 0.15) is 0 Å². The second-order valence-corrected chi connectivity index (χ2v) is 5.41. The molecule has 0 aliphatic carbocycles. The molecule has 0 saturated carbocycles. The van der Waals surface area contributed by atoms with E-state index in [2.05, 4.69) is 15.9 Å². The minimum atomic E-state index is -2.45. The first-order valence-electron chi connectivity index (χ1n) is 6.28. The zero-order valence-electron chi connectivity index (χ0n) is 12.0. The molecule has 1 aromatic rings. The quantitative estimate of drug-likeness (QED) is 0.341. The summed E-state index contributed by atoms with van der Waals surface area (Å²) in [7, 11) is 0. The van der Waals surface area contributed by atoms with Crippen LogP contribution in [0.25, 0.3) is 0 Å². The fourth-order valence-electron chi connectivity index (χ4n) is 1.88. The zero-order valence-corrected chi connectivity index (χ0v) is 13.6. The lowest BCUT2D eigenvalue weighted by Crippen LogP contribution is -2.33. The lowest BCUT2D eigenvalue weighted by atomic mass is 9.92. The van der Waals surface area contributed by atoms with E-state index in [-0.39, 0.29) is 0 Å². The summed E-state index contributed by atoms with van der Waals surface area (Å²) in [6.07, 6.45) is 0. The van der Waals surface area contributed by atoms with Gasteiger partial charge in [0, 0.05) is 15.6 Å². The number of carbonyl (C=O) groups excluding carboxylic acids is 2. The second kappa shape index (κ2) is 7.66. The number of carboxylic acid groups (broad SMARTS) is 4. The predicted molar refractivity (Wildman–Crippen MR) is 80.3 cm³/mol. The molecule has 0 radical (unpaired) electrons. The van der Waals surface area contributed by atoms with Gasteiger partial charge in [-0.05, 0) is 15.9 Å². The highest BCUT2D eigenvalue weighted by molar-refractivity contribution is 9.10. The van der Waals surface area contributed by atoms with Crippen LogP contribution in [0.3, 0.4) is 0 Å². The molecule has 1 rings (SSSR count). The van der Waals surface area contributed by atoms with Crippen molar-refractivity contribution in [3.63, 3.8) is 0 Å². The Balaban J connectivity index is 3.45. The first-order chi connectivity index (χ1) is 11.5. The molecule has 11 heteroatoms. The molecular weight excluding hydrogens is 408 g/mol. The summed E-state index contributed by atoms with van der Waals surface area (Å²) in [6, 6.07) is 3.09. The maximum atomic E-state index is 12.1. The Morgan fingerprint density at radius 2 is 0.960 bits per heavy atom. The van der Waals surface area contributed by atoms with E-state index < -0.39 is 62.9 Å². The Bertz CT molecular complexity index is 707. The van der Waals surface area contributed by atoms with E-state index in [0.717, 1.165) is 18.2 Å². The molecule has 1 aromatic carbocycles. The number of carboxylic acids is 4. The molecule has 4 N–H and O–H groups in total. The van der Waals surface area contributed by atoms with Crippen LogP contribution in [0, 0.1) is 11.8 Å². The van der Waals surface area contributed by atoms with Gasteiger partial charge in [0.25, 0.3) is 0 Å². The number of ketones is 2. The van der Waals surface area contributed by atoms with E-state index in [1.54, 1.807) is 0 Å². The third kappa shape index (κ3) is 4.07. The molecule has 0 atom stereocenters. The van der Waals surface area contributed by atoms with E-state index in [1.807, 2.05) is 0 Å². The minimum absolute atomic E-state index is 0.398. The highest BCUT2D eigenvalue weighted by Crippen LogP contribution is 2.27. The van der Waals surface area contributed by atoms with Gasteiger partial charge in [-0.2, -0.15) is 0 Å². The van der Waals surface area contributed by atoms with Crippen LogP contribution in [0.5, 0.6) is 0 Å². The second-order valence-electron chi connectivity index (χ2n) is 4.61. The van der Waals surface area contributed by atoms with Crippen molar-refractivity contribution in [2.75, 3.05) is 0 Å². The van der Waals surface area contributed by atoms with Crippen LogP contribution in [0.2, 0.25) is 0 Å². The van der Waals surface area contributed by atoms with Gasteiger partial charge >= 0.3 is 23.9 Å². The minimum Gasteiger partial charge on any atom is -0.480 e. The van der Waals surface area contributed by atoms with E-state index in [9.17, 15) is 28.8 Å². The summed E-state index contributed by atoms with van der Waals surface area (Å²) in [5.41, 5.74) is -1.04. The number of aliphatic carboxylic acids is 4. The van der Waals surface area contributed by atoms with E-state index in [4.69, 9.17) is 20.4 Å². The van der Waals surface area contributed by atoms with Crippen LogP contribution in [-0.2, 0) is 19.2 Å². The topological polar surface area (TPSA) is 183 Å². The van der Waals surface area contributed by atoms with Crippen LogP contribution < -0.4 is 0 Å². The number of hydrogen-bond acceptors (Lipinski definition) is 6. The molecule has 0 aliphatic heterocycles. The molecule has 0 amide bonds. The molecule has 10 nitrogen and oxygen atoms in total. The van der Waals surface area contributed by atoms with Crippen LogP contribution in [0.4, 0.5) is 0 Å². The normalized spacial score (nSPS) is 10.5. The Kier molecular flexibility index (Phi) is 6.12. The standard InChI is InChI=1S/C14H9BrO10/c15-8-4(9(16)6(11(18)19)12(20)21)2-1-3-5(8)10(17)7(13(22)23)14(24)25/h1-3,6-7H,(H,18,19)(H,20,21)(H,22,23)(H,24,25). The van der Waals surface area contributed by atoms with Crippen molar-refractivity contribution in [2.24, 2.45) is 11.8 Å². The highest BCUT2D eigenvalue weighted by Gasteiger charge is 2.38. The van der Waals surface area contributed by atoms with Gasteiger partial charge in [0.05, 0.1) is 0 Å². The van der Waals surface area contributed by atoms with Crippen molar-refractivity contribution < 1.29 is 49.2 Å². The number of Topliss-reactive ketones (excluding diaryl/α,β-unsaturated/α-hetero) is 2. The number of halogens is 1. The van der Waals surface area contributed by atoms with Crippen molar-refractivity contribution >= 4 is 51.4 Å². The predicted octanol–water partition coefficient (Wildman–Crippen LogP) is 0.385. The molecule has 0 spiro atoms. The third-order valence-corrected chi connectivity index (χ3v) is 3.90. The zero-order chi connectivity index (χ0) is 19.5. The van der Waals surface area contributed by atoms with Crippen molar-refractivity contribution in [3.05, 3.63) is 33.8 Å². The third-order valence-electron chi connectivity index (χ3n) is 3.04. The van der Waals surface area contributed by atoms with Gasteiger partial charge in [-0.3, -0.25) is 28.8 Å². The molecule has 25 heavy (non-hydrogen) atoms. The Labute approximate surface area is 146 Å². The molecule has 0 unspecified atom stereocenters. The monoisotopic (exact) mass is 416 g/mol. The van der Waals surface area contributed by atoms with Gasteiger partial charge in [-0.25, -0.2) is 0 Å². The van der Waals surface area contributed by atoms with Crippen molar-refractivity contribution in [3.8, 4) is 0 Å². The molecule has 0 fully saturated rings. The maximum Gasteiger partial charge on any atom is 0.325 e. The summed E-state index contributed by atoms with van der Waals surface area (Å²) < 4.78 is -0.398. The molecular formula is C14H9BrO10. The summed E-state index contributed by atoms with van der Waals surface area (Å²) in [5, 5.41) is 35.4.